The first-order valence-corrected chi connectivity index (χ1v) is 6.15. The van der Waals surface area contributed by atoms with Gasteiger partial charge in [0.2, 0.25) is 0 Å². The number of hydrogen-bond donors (Lipinski definition) is 1. The molecule has 1 aromatic rings. The van der Waals surface area contributed by atoms with Crippen molar-refractivity contribution in [2.24, 2.45) is 0 Å². The van der Waals surface area contributed by atoms with E-state index in [0.717, 1.165) is 41.6 Å². The molecule has 2 heterocycles. The van der Waals surface area contributed by atoms with Crippen molar-refractivity contribution in [3.63, 3.8) is 0 Å². The van der Waals surface area contributed by atoms with Crippen LogP contribution in [0.4, 0.5) is 0 Å². The molecule has 0 aliphatic carbocycles. The van der Waals surface area contributed by atoms with Crippen LogP contribution in [0, 0.1) is 0 Å². The minimum Gasteiger partial charge on any atom is -0.310 e. The van der Waals surface area contributed by atoms with Crippen molar-refractivity contribution in [3.8, 4) is 0 Å². The molecule has 4 nitrogen and oxygen atoms in total. The highest BCUT2D eigenvalue weighted by Crippen LogP contribution is 2.24. The van der Waals surface area contributed by atoms with E-state index in [1.54, 1.807) is 11.8 Å². The molecular weight excluding hydrogens is 210 g/mol. The van der Waals surface area contributed by atoms with Crippen LogP contribution in [0.15, 0.2) is 4.79 Å². The summed E-state index contributed by atoms with van der Waals surface area (Å²) in [6.45, 7) is 0.912. The number of thioether (sulfide) groups is 1. The van der Waals surface area contributed by atoms with E-state index >= 15 is 0 Å². The molecule has 0 aromatic carbocycles. The molecule has 0 amide bonds. The van der Waals surface area contributed by atoms with Crippen molar-refractivity contribution in [2.75, 3.05) is 20.6 Å². The van der Waals surface area contributed by atoms with Gasteiger partial charge in [-0.1, -0.05) is 0 Å². The predicted octanol–water partition coefficient (Wildman–Crippen LogP) is 0.621. The Balaban J connectivity index is 2.20. The number of aromatic amines is 1. The van der Waals surface area contributed by atoms with E-state index in [2.05, 4.69) is 14.9 Å². The molecule has 82 valence electrons. The second-order valence-electron chi connectivity index (χ2n) is 3.98. The van der Waals surface area contributed by atoms with Crippen LogP contribution in [0.1, 0.15) is 17.1 Å². The van der Waals surface area contributed by atoms with E-state index in [4.69, 9.17) is 0 Å². The van der Waals surface area contributed by atoms with Crippen molar-refractivity contribution in [3.05, 3.63) is 27.4 Å². The molecule has 0 atom stereocenters. The fourth-order valence-electron chi connectivity index (χ4n) is 1.56. The molecule has 2 rings (SSSR count). The Morgan fingerprint density at radius 1 is 1.47 bits per heavy atom. The minimum absolute atomic E-state index is 0.0544. The molecule has 0 saturated carbocycles. The van der Waals surface area contributed by atoms with Crippen molar-refractivity contribution >= 4 is 11.8 Å². The molecule has 1 aromatic heterocycles. The highest BCUT2D eigenvalue weighted by molar-refractivity contribution is 7.98. The molecule has 0 saturated heterocycles. The quantitative estimate of drug-likeness (QED) is 0.819. The maximum atomic E-state index is 11.7. The zero-order valence-corrected chi connectivity index (χ0v) is 9.86. The van der Waals surface area contributed by atoms with Gasteiger partial charge >= 0.3 is 0 Å². The monoisotopic (exact) mass is 225 g/mol. The first-order chi connectivity index (χ1) is 7.16. The molecule has 0 bridgehead atoms. The summed E-state index contributed by atoms with van der Waals surface area (Å²) in [4.78, 5) is 21.1. The maximum absolute atomic E-state index is 11.7. The number of aromatic nitrogens is 2. The lowest BCUT2D eigenvalue weighted by Crippen LogP contribution is -2.21. The summed E-state index contributed by atoms with van der Waals surface area (Å²) in [6, 6.07) is 0. The number of rotatable bonds is 3. The zero-order chi connectivity index (χ0) is 10.8. The molecular formula is C10H15N3OS. The summed E-state index contributed by atoms with van der Waals surface area (Å²) in [6.07, 6.45) is 0.806. The van der Waals surface area contributed by atoms with Gasteiger partial charge in [0, 0.05) is 30.0 Å². The van der Waals surface area contributed by atoms with Gasteiger partial charge < -0.3 is 9.88 Å². The Hall–Kier alpha value is -0.810. The summed E-state index contributed by atoms with van der Waals surface area (Å²) in [5, 5.41) is 0. The lowest BCUT2D eigenvalue weighted by atomic mass is 10.2. The van der Waals surface area contributed by atoms with Gasteiger partial charge in [0.1, 0.15) is 5.82 Å². The van der Waals surface area contributed by atoms with Gasteiger partial charge in [0.15, 0.2) is 0 Å². The smallest absolute Gasteiger partial charge is 0.255 e. The Morgan fingerprint density at radius 2 is 2.27 bits per heavy atom. The highest BCUT2D eigenvalue weighted by atomic mass is 32.2. The third-order valence-electron chi connectivity index (χ3n) is 2.43. The molecule has 1 N–H and O–H groups in total. The standard InChI is InChI=1S/C10H15N3OS/c1-13(2)4-3-9-11-8-6-15-5-7(8)10(14)12-9/h3-6H2,1-2H3,(H,11,12,14). The van der Waals surface area contributed by atoms with E-state index in [1.165, 1.54) is 0 Å². The largest absolute Gasteiger partial charge is 0.310 e. The fourth-order valence-corrected chi connectivity index (χ4v) is 2.60. The summed E-state index contributed by atoms with van der Waals surface area (Å²) in [7, 11) is 4.03. The molecule has 0 spiro atoms. The number of nitrogens with zero attached hydrogens (tertiary/aromatic N) is 2. The molecule has 5 heteroatoms. The van der Waals surface area contributed by atoms with E-state index in [-0.39, 0.29) is 5.56 Å². The van der Waals surface area contributed by atoms with Crippen molar-refractivity contribution in [1.82, 2.24) is 14.9 Å². The highest BCUT2D eigenvalue weighted by Gasteiger charge is 2.17. The van der Waals surface area contributed by atoms with E-state index in [1.807, 2.05) is 14.1 Å². The van der Waals surface area contributed by atoms with Crippen LogP contribution in [0.3, 0.4) is 0 Å². The Kier molecular flexibility index (Phi) is 3.11. The number of nitrogens with one attached hydrogen (secondary N) is 1. The second-order valence-corrected chi connectivity index (χ2v) is 4.97. The number of H-pyrrole nitrogens is 1. The third-order valence-corrected chi connectivity index (χ3v) is 3.40. The van der Waals surface area contributed by atoms with E-state index < -0.39 is 0 Å². The van der Waals surface area contributed by atoms with Gasteiger partial charge in [0.05, 0.1) is 5.69 Å². The second kappa shape index (κ2) is 4.37. The summed E-state index contributed by atoms with van der Waals surface area (Å²) < 4.78 is 0. The SMILES string of the molecule is CN(C)CCc1nc2c(c(=O)[nH]1)CSC2. The summed E-state index contributed by atoms with van der Waals surface area (Å²) in [5.41, 5.74) is 1.91. The fraction of sp³-hybridized carbons (Fsp3) is 0.600. The van der Waals surface area contributed by atoms with Gasteiger partial charge in [-0.15, -0.1) is 0 Å². The van der Waals surface area contributed by atoms with Crippen LogP contribution in [-0.4, -0.2) is 35.5 Å². The van der Waals surface area contributed by atoms with E-state index in [0.29, 0.717) is 0 Å². The van der Waals surface area contributed by atoms with Crippen molar-refractivity contribution in [1.29, 1.82) is 0 Å². The molecule has 1 aliphatic rings. The molecule has 1 aliphatic heterocycles. The van der Waals surface area contributed by atoms with Crippen LogP contribution >= 0.6 is 11.8 Å². The normalized spacial score (nSPS) is 14.6. The van der Waals surface area contributed by atoms with Gasteiger partial charge in [-0.2, -0.15) is 11.8 Å². The number of likely N-dealkylation sites (N-methyl/N-ethyl adjacent to an activating group) is 1. The number of fused-ring (bicyclic) bond motifs is 1. The summed E-state index contributed by atoms with van der Waals surface area (Å²) >= 11 is 1.76. The first-order valence-electron chi connectivity index (χ1n) is 5.00. The van der Waals surface area contributed by atoms with Crippen LogP contribution in [0.25, 0.3) is 0 Å². The van der Waals surface area contributed by atoms with Crippen LogP contribution in [-0.2, 0) is 17.9 Å². The zero-order valence-electron chi connectivity index (χ0n) is 9.04. The van der Waals surface area contributed by atoms with Gasteiger partial charge in [-0.05, 0) is 14.1 Å². The lowest BCUT2D eigenvalue weighted by molar-refractivity contribution is 0.409. The predicted molar refractivity (Wildman–Crippen MR) is 62.1 cm³/mol. The van der Waals surface area contributed by atoms with Crippen LogP contribution in [0.5, 0.6) is 0 Å². The number of hydrogen-bond acceptors (Lipinski definition) is 4. The average Bonchev–Trinajstić information content (AvgIpc) is 2.63. The minimum atomic E-state index is 0.0544. The average molecular weight is 225 g/mol. The van der Waals surface area contributed by atoms with Gasteiger partial charge in [-0.25, -0.2) is 4.98 Å². The van der Waals surface area contributed by atoms with E-state index in [9.17, 15) is 4.79 Å². The molecule has 15 heavy (non-hydrogen) atoms. The first kappa shape index (κ1) is 10.7. The Labute approximate surface area is 93.1 Å². The van der Waals surface area contributed by atoms with Crippen LogP contribution < -0.4 is 5.56 Å². The molecule has 0 fully saturated rings. The van der Waals surface area contributed by atoms with Crippen LogP contribution in [0.2, 0.25) is 0 Å². The van der Waals surface area contributed by atoms with Crippen molar-refractivity contribution in [2.45, 2.75) is 17.9 Å². The maximum Gasteiger partial charge on any atom is 0.255 e. The third kappa shape index (κ3) is 2.41. The van der Waals surface area contributed by atoms with Crippen molar-refractivity contribution < 1.29 is 0 Å². The molecule has 0 unspecified atom stereocenters. The summed E-state index contributed by atoms with van der Waals surface area (Å²) in [5.74, 6) is 2.51. The lowest BCUT2D eigenvalue weighted by Gasteiger charge is -2.09. The Morgan fingerprint density at radius 3 is 3.00 bits per heavy atom. The van der Waals surface area contributed by atoms with Gasteiger partial charge in [0.25, 0.3) is 5.56 Å². The molecule has 0 radical (unpaired) electrons. The Bertz CT molecular complexity index is 414. The topological polar surface area (TPSA) is 49.0 Å². The van der Waals surface area contributed by atoms with Gasteiger partial charge in [-0.3, -0.25) is 4.79 Å².